The maximum Gasteiger partial charge on any atom is 0.378 e. The summed E-state index contributed by atoms with van der Waals surface area (Å²) in [5.41, 5.74) is -1.84. The molecular formula is C9H12O7. The van der Waals surface area contributed by atoms with Crippen molar-refractivity contribution in [1.29, 1.82) is 0 Å². The molecule has 7 nitrogen and oxygen atoms in total. The first-order valence-electron chi connectivity index (χ1n) is 4.41. The predicted octanol–water partition coefficient (Wildman–Crippen LogP) is -0.530. The van der Waals surface area contributed by atoms with Gasteiger partial charge in [0, 0.05) is 6.42 Å². The third-order valence-corrected chi connectivity index (χ3v) is 2.32. The Kier molecular flexibility index (Phi) is 3.53. The molecule has 0 saturated heterocycles. The van der Waals surface area contributed by atoms with Crippen LogP contribution in [0.3, 0.4) is 0 Å². The average molecular weight is 232 g/mol. The molecular weight excluding hydrogens is 220 g/mol. The lowest BCUT2D eigenvalue weighted by atomic mass is 9.91. The summed E-state index contributed by atoms with van der Waals surface area (Å²) in [5, 5.41) is 36.3. The van der Waals surface area contributed by atoms with Crippen LogP contribution in [0.5, 0.6) is 0 Å². The van der Waals surface area contributed by atoms with Crippen molar-refractivity contribution in [3.05, 3.63) is 24.2 Å². The van der Waals surface area contributed by atoms with Crippen LogP contribution in [0.15, 0.2) is 24.2 Å². The summed E-state index contributed by atoms with van der Waals surface area (Å²) < 4.78 is 4.73. The van der Waals surface area contributed by atoms with Crippen molar-refractivity contribution >= 4 is 5.97 Å². The highest BCUT2D eigenvalue weighted by molar-refractivity contribution is 5.90. The normalized spacial score (nSPS) is 26.6. The molecule has 0 radical (unpaired) electrons. The summed E-state index contributed by atoms with van der Waals surface area (Å²) >= 11 is 0. The fourth-order valence-electron chi connectivity index (χ4n) is 1.53. The largest absolute Gasteiger partial charge is 0.499 e. The number of rotatable bonds is 5. The molecule has 0 aliphatic carbocycles. The van der Waals surface area contributed by atoms with Crippen LogP contribution >= 0.6 is 0 Å². The lowest BCUT2D eigenvalue weighted by molar-refractivity contribution is -0.238. The van der Waals surface area contributed by atoms with Crippen molar-refractivity contribution < 1.29 is 35.0 Å². The number of hydrogen-bond donors (Lipinski definition) is 4. The molecule has 0 amide bonds. The van der Waals surface area contributed by atoms with Gasteiger partial charge in [-0.1, -0.05) is 6.08 Å². The zero-order valence-corrected chi connectivity index (χ0v) is 8.29. The van der Waals surface area contributed by atoms with Crippen molar-refractivity contribution in [2.45, 2.75) is 18.1 Å². The Labute approximate surface area is 90.8 Å². The predicted molar refractivity (Wildman–Crippen MR) is 50.1 cm³/mol. The van der Waals surface area contributed by atoms with Crippen LogP contribution < -0.4 is 0 Å². The molecule has 16 heavy (non-hydrogen) atoms. The third-order valence-electron chi connectivity index (χ3n) is 2.32. The smallest absolute Gasteiger partial charge is 0.378 e. The Hall–Kier alpha value is -1.57. The molecule has 90 valence electrons. The topological polar surface area (TPSA) is 116 Å². The molecule has 0 saturated carbocycles. The van der Waals surface area contributed by atoms with Gasteiger partial charge in [-0.3, -0.25) is 0 Å². The van der Waals surface area contributed by atoms with Crippen LogP contribution in [0.2, 0.25) is 0 Å². The quantitative estimate of drug-likeness (QED) is 0.218. The molecule has 0 bridgehead atoms. The van der Waals surface area contributed by atoms with E-state index < -0.39 is 35.8 Å². The molecule has 0 spiro atoms. The van der Waals surface area contributed by atoms with Crippen LogP contribution in [0.4, 0.5) is 0 Å². The van der Waals surface area contributed by atoms with E-state index in [9.17, 15) is 15.0 Å². The zero-order chi connectivity index (χ0) is 12.3. The van der Waals surface area contributed by atoms with Gasteiger partial charge >= 0.3 is 5.97 Å². The van der Waals surface area contributed by atoms with Gasteiger partial charge in [-0.15, -0.1) is 6.58 Å². The molecule has 1 aliphatic heterocycles. The minimum absolute atomic E-state index is 0.138. The minimum Gasteiger partial charge on any atom is -0.499 e. The van der Waals surface area contributed by atoms with Crippen molar-refractivity contribution in [2.24, 2.45) is 0 Å². The monoisotopic (exact) mass is 232 g/mol. The standard InChI is InChI=1S/C9H12O7/c1-2-3-9(5(11)4-10)7(16-14)6(12)8(13)15-9/h2,5,10-12,14H,1,3-4H2/t5-,9+/m0/s1. The minimum atomic E-state index is -1.84. The highest BCUT2D eigenvalue weighted by atomic mass is 17.1. The Bertz CT molecular complexity index is 335. The fraction of sp³-hybridized carbons (Fsp3) is 0.444. The molecule has 0 aromatic carbocycles. The summed E-state index contributed by atoms with van der Waals surface area (Å²) in [4.78, 5) is 15.0. The number of aliphatic hydroxyl groups excluding tert-OH is 3. The summed E-state index contributed by atoms with van der Waals surface area (Å²) in [6.45, 7) is 2.63. The van der Waals surface area contributed by atoms with E-state index in [1.54, 1.807) is 0 Å². The Morgan fingerprint density at radius 2 is 2.25 bits per heavy atom. The molecule has 1 heterocycles. The van der Waals surface area contributed by atoms with Crippen molar-refractivity contribution in [2.75, 3.05) is 6.61 Å². The van der Waals surface area contributed by atoms with E-state index in [0.29, 0.717) is 0 Å². The maximum atomic E-state index is 11.1. The molecule has 1 rings (SSSR count). The number of hydrogen-bond acceptors (Lipinski definition) is 7. The van der Waals surface area contributed by atoms with Crippen molar-refractivity contribution in [3.63, 3.8) is 0 Å². The Morgan fingerprint density at radius 1 is 1.62 bits per heavy atom. The van der Waals surface area contributed by atoms with Crippen LogP contribution in [0.1, 0.15) is 6.42 Å². The highest BCUT2D eigenvalue weighted by Crippen LogP contribution is 2.38. The van der Waals surface area contributed by atoms with E-state index in [-0.39, 0.29) is 6.42 Å². The SMILES string of the molecule is C=CC[C@]1([C@@H](O)CO)OC(=O)C(O)=C1OO. The molecule has 4 N–H and O–H groups in total. The number of cyclic esters (lactones) is 1. The van der Waals surface area contributed by atoms with Crippen LogP contribution in [-0.4, -0.2) is 44.9 Å². The molecule has 0 unspecified atom stereocenters. The van der Waals surface area contributed by atoms with Crippen LogP contribution in [0.25, 0.3) is 0 Å². The Balaban J connectivity index is 3.22. The van der Waals surface area contributed by atoms with E-state index in [4.69, 9.17) is 15.1 Å². The second-order valence-corrected chi connectivity index (χ2v) is 3.24. The number of carbonyl (C=O) groups is 1. The molecule has 2 atom stereocenters. The van der Waals surface area contributed by atoms with Crippen LogP contribution in [-0.2, 0) is 14.4 Å². The van der Waals surface area contributed by atoms with E-state index >= 15 is 0 Å². The third kappa shape index (κ3) is 1.64. The first kappa shape index (κ1) is 12.5. The van der Waals surface area contributed by atoms with Gasteiger partial charge < -0.3 is 24.9 Å². The van der Waals surface area contributed by atoms with Gasteiger partial charge in [0.15, 0.2) is 0 Å². The lowest BCUT2D eigenvalue weighted by Gasteiger charge is -2.30. The second kappa shape index (κ2) is 4.52. The zero-order valence-electron chi connectivity index (χ0n) is 8.29. The maximum absolute atomic E-state index is 11.1. The molecule has 1 aliphatic rings. The van der Waals surface area contributed by atoms with Gasteiger partial charge in [0.1, 0.15) is 6.10 Å². The molecule has 0 aromatic rings. The number of ether oxygens (including phenoxy) is 1. The fourth-order valence-corrected chi connectivity index (χ4v) is 1.53. The summed E-state index contributed by atoms with van der Waals surface area (Å²) in [6.07, 6.45) is -0.411. The van der Waals surface area contributed by atoms with Gasteiger partial charge in [-0.2, -0.15) is 0 Å². The van der Waals surface area contributed by atoms with Crippen molar-refractivity contribution in [1.82, 2.24) is 0 Å². The summed E-state index contributed by atoms with van der Waals surface area (Å²) in [7, 11) is 0. The first-order valence-corrected chi connectivity index (χ1v) is 4.41. The van der Waals surface area contributed by atoms with Crippen molar-refractivity contribution in [3.8, 4) is 0 Å². The van der Waals surface area contributed by atoms with Gasteiger partial charge in [-0.25, -0.2) is 10.1 Å². The Morgan fingerprint density at radius 3 is 2.69 bits per heavy atom. The molecule has 0 aromatic heterocycles. The van der Waals surface area contributed by atoms with Crippen LogP contribution in [0, 0.1) is 0 Å². The van der Waals surface area contributed by atoms with Gasteiger partial charge in [-0.05, 0) is 0 Å². The number of carbonyl (C=O) groups excluding carboxylic acids is 1. The lowest BCUT2D eigenvalue weighted by Crippen LogP contribution is -2.47. The van der Waals surface area contributed by atoms with Gasteiger partial charge in [0.05, 0.1) is 6.61 Å². The van der Waals surface area contributed by atoms with E-state index in [1.165, 1.54) is 6.08 Å². The summed E-state index contributed by atoms with van der Waals surface area (Å²) in [6, 6.07) is 0. The molecule has 0 fully saturated rings. The first-order chi connectivity index (χ1) is 7.53. The van der Waals surface area contributed by atoms with E-state index in [2.05, 4.69) is 11.5 Å². The second-order valence-electron chi connectivity index (χ2n) is 3.24. The highest BCUT2D eigenvalue weighted by Gasteiger charge is 2.55. The number of aliphatic hydroxyl groups is 3. The summed E-state index contributed by atoms with van der Waals surface area (Å²) in [5.74, 6) is -2.74. The number of esters is 1. The average Bonchev–Trinajstić information content (AvgIpc) is 2.51. The van der Waals surface area contributed by atoms with E-state index in [0.717, 1.165) is 0 Å². The van der Waals surface area contributed by atoms with E-state index in [1.807, 2.05) is 0 Å². The van der Waals surface area contributed by atoms with Gasteiger partial charge in [0.2, 0.25) is 17.1 Å². The van der Waals surface area contributed by atoms with Gasteiger partial charge in [0.25, 0.3) is 0 Å². The molecule has 7 heteroatoms.